The van der Waals surface area contributed by atoms with Crippen molar-refractivity contribution in [3.63, 3.8) is 0 Å². The molecule has 3 rings (SSSR count). The second kappa shape index (κ2) is 4.95. The molecule has 3 aliphatic rings. The summed E-state index contributed by atoms with van der Waals surface area (Å²) < 4.78 is 10.8. The monoisotopic (exact) mass is 306 g/mol. The number of esters is 2. The second-order valence-corrected chi connectivity index (χ2v) is 6.96. The standard InChI is InChI=1S/C17H22O5/c1-8-5-13-11(9(2)16(19)22-13)6-12-15(8)14(21-10(3)18)7-17(12,4)20/h11-14,20H,2,5-7H2,1,3-4H3/t11-,12+,13-,14-,17+/m0/s1. The molecular formula is C17H22O5. The van der Waals surface area contributed by atoms with Gasteiger partial charge in [0.1, 0.15) is 12.2 Å². The van der Waals surface area contributed by atoms with E-state index in [4.69, 9.17) is 9.47 Å². The first-order valence-electron chi connectivity index (χ1n) is 7.69. The number of ether oxygens (including phenoxy) is 2. The van der Waals surface area contributed by atoms with Crippen molar-refractivity contribution in [1.82, 2.24) is 0 Å². The smallest absolute Gasteiger partial charge is 0.334 e. The van der Waals surface area contributed by atoms with Gasteiger partial charge >= 0.3 is 11.9 Å². The number of fused-ring (bicyclic) bond motifs is 2. The van der Waals surface area contributed by atoms with E-state index in [1.165, 1.54) is 6.92 Å². The van der Waals surface area contributed by atoms with Crippen LogP contribution in [0, 0.1) is 11.8 Å². The van der Waals surface area contributed by atoms with Crippen LogP contribution < -0.4 is 0 Å². The minimum atomic E-state index is -0.961. The zero-order valence-corrected chi connectivity index (χ0v) is 13.2. The van der Waals surface area contributed by atoms with E-state index in [-0.39, 0.29) is 36.0 Å². The Morgan fingerprint density at radius 1 is 1.50 bits per heavy atom. The highest BCUT2D eigenvalue weighted by Gasteiger charge is 2.53. The molecule has 120 valence electrons. The third-order valence-corrected chi connectivity index (χ3v) is 5.29. The number of rotatable bonds is 1. The molecule has 1 heterocycles. The van der Waals surface area contributed by atoms with Gasteiger partial charge in [-0.15, -0.1) is 0 Å². The third-order valence-electron chi connectivity index (χ3n) is 5.29. The average molecular weight is 306 g/mol. The first-order chi connectivity index (χ1) is 10.2. The fourth-order valence-corrected chi connectivity index (χ4v) is 4.27. The van der Waals surface area contributed by atoms with Crippen molar-refractivity contribution in [2.24, 2.45) is 11.8 Å². The van der Waals surface area contributed by atoms with Gasteiger partial charge in [0.05, 0.1) is 5.60 Å². The topological polar surface area (TPSA) is 72.8 Å². The molecule has 2 fully saturated rings. The Morgan fingerprint density at radius 3 is 2.82 bits per heavy atom. The van der Waals surface area contributed by atoms with Gasteiger partial charge in [0.2, 0.25) is 0 Å². The predicted octanol–water partition coefficient (Wildman–Crippen LogP) is 1.90. The van der Waals surface area contributed by atoms with Crippen LogP contribution in [-0.4, -0.2) is 34.9 Å². The van der Waals surface area contributed by atoms with Gasteiger partial charge in [-0.25, -0.2) is 4.79 Å². The lowest BCUT2D eigenvalue weighted by molar-refractivity contribution is -0.145. The summed E-state index contributed by atoms with van der Waals surface area (Å²) in [5.74, 6) is -0.895. The van der Waals surface area contributed by atoms with E-state index in [1.807, 2.05) is 6.92 Å². The van der Waals surface area contributed by atoms with Gasteiger partial charge < -0.3 is 14.6 Å². The van der Waals surface area contributed by atoms with Crippen molar-refractivity contribution >= 4 is 11.9 Å². The van der Waals surface area contributed by atoms with Crippen molar-refractivity contribution in [2.75, 3.05) is 0 Å². The van der Waals surface area contributed by atoms with E-state index < -0.39 is 5.60 Å². The summed E-state index contributed by atoms with van der Waals surface area (Å²) in [6.45, 7) is 8.98. The molecule has 0 bridgehead atoms. The van der Waals surface area contributed by atoms with E-state index in [1.54, 1.807) is 6.92 Å². The molecule has 1 saturated heterocycles. The Labute approximate surface area is 130 Å². The molecular weight excluding hydrogens is 284 g/mol. The molecule has 1 N–H and O–H groups in total. The van der Waals surface area contributed by atoms with Crippen LogP contribution in [0.15, 0.2) is 23.3 Å². The number of hydrogen-bond donors (Lipinski definition) is 1. The molecule has 5 atom stereocenters. The van der Waals surface area contributed by atoms with Crippen LogP contribution in [-0.2, 0) is 19.1 Å². The van der Waals surface area contributed by atoms with Gasteiger partial charge in [0, 0.05) is 37.2 Å². The van der Waals surface area contributed by atoms with Crippen LogP contribution in [0.4, 0.5) is 0 Å². The highest BCUT2D eigenvalue weighted by Crippen LogP contribution is 2.51. The van der Waals surface area contributed by atoms with E-state index in [2.05, 4.69) is 6.58 Å². The summed E-state index contributed by atoms with van der Waals surface area (Å²) >= 11 is 0. The van der Waals surface area contributed by atoms with Gasteiger partial charge in [0.25, 0.3) is 0 Å². The number of aliphatic hydroxyl groups is 1. The average Bonchev–Trinajstić information content (AvgIpc) is 2.71. The molecule has 0 aromatic carbocycles. The molecule has 1 aliphatic heterocycles. The summed E-state index contributed by atoms with van der Waals surface area (Å²) in [7, 11) is 0. The van der Waals surface area contributed by atoms with Crippen LogP contribution in [0.3, 0.4) is 0 Å². The minimum Gasteiger partial charge on any atom is -0.458 e. The van der Waals surface area contributed by atoms with Crippen molar-refractivity contribution in [3.05, 3.63) is 23.3 Å². The quantitative estimate of drug-likeness (QED) is 0.455. The maximum absolute atomic E-state index is 11.8. The number of carbonyl (C=O) groups is 2. The molecule has 0 amide bonds. The van der Waals surface area contributed by atoms with Gasteiger partial charge in [-0.05, 0) is 25.8 Å². The fraction of sp³-hybridized carbons (Fsp3) is 0.647. The lowest BCUT2D eigenvalue weighted by Gasteiger charge is -2.27. The van der Waals surface area contributed by atoms with Gasteiger partial charge in [-0.2, -0.15) is 0 Å². The van der Waals surface area contributed by atoms with Crippen LogP contribution >= 0.6 is 0 Å². The normalized spacial score (nSPS) is 40.9. The predicted molar refractivity (Wildman–Crippen MR) is 78.7 cm³/mol. The summed E-state index contributed by atoms with van der Waals surface area (Å²) in [4.78, 5) is 23.1. The maximum atomic E-state index is 11.8. The Morgan fingerprint density at radius 2 is 2.18 bits per heavy atom. The van der Waals surface area contributed by atoms with Crippen LogP contribution in [0.5, 0.6) is 0 Å². The highest BCUT2D eigenvalue weighted by atomic mass is 16.6. The summed E-state index contributed by atoms with van der Waals surface area (Å²) in [5, 5.41) is 10.8. The molecule has 5 nitrogen and oxygen atoms in total. The Hall–Kier alpha value is -1.62. The van der Waals surface area contributed by atoms with Crippen molar-refractivity contribution < 1.29 is 24.2 Å². The van der Waals surface area contributed by atoms with Crippen molar-refractivity contribution in [2.45, 2.75) is 57.8 Å². The van der Waals surface area contributed by atoms with E-state index >= 15 is 0 Å². The SMILES string of the molecule is C=C1C(=O)O[C@H]2CC(C)=C3[C@@H](OC(C)=O)C[C@@](C)(O)[C@@H]3C[C@@H]12. The number of hydrogen-bond acceptors (Lipinski definition) is 5. The first-order valence-corrected chi connectivity index (χ1v) is 7.69. The molecule has 0 radical (unpaired) electrons. The second-order valence-electron chi connectivity index (χ2n) is 6.96. The maximum Gasteiger partial charge on any atom is 0.334 e. The zero-order valence-electron chi connectivity index (χ0n) is 13.2. The van der Waals surface area contributed by atoms with Crippen LogP contribution in [0.25, 0.3) is 0 Å². The lowest BCUT2D eigenvalue weighted by Crippen LogP contribution is -2.32. The lowest BCUT2D eigenvalue weighted by atomic mass is 9.81. The molecule has 1 saturated carbocycles. The summed E-state index contributed by atoms with van der Waals surface area (Å²) in [6.07, 6.45) is 0.997. The highest BCUT2D eigenvalue weighted by molar-refractivity contribution is 5.90. The van der Waals surface area contributed by atoms with Crippen molar-refractivity contribution in [1.29, 1.82) is 0 Å². The van der Waals surface area contributed by atoms with Crippen LogP contribution in [0.2, 0.25) is 0 Å². The molecule has 0 aromatic rings. The summed E-state index contributed by atoms with van der Waals surface area (Å²) in [6, 6.07) is 0. The largest absolute Gasteiger partial charge is 0.458 e. The van der Waals surface area contributed by atoms with E-state index in [0.29, 0.717) is 24.8 Å². The first kappa shape index (κ1) is 15.3. The van der Waals surface area contributed by atoms with E-state index in [9.17, 15) is 14.7 Å². The molecule has 0 unspecified atom stereocenters. The van der Waals surface area contributed by atoms with Crippen molar-refractivity contribution in [3.8, 4) is 0 Å². The molecule has 0 spiro atoms. The Balaban J connectivity index is 1.99. The Bertz CT molecular complexity index is 586. The Kier molecular flexibility index (Phi) is 3.44. The van der Waals surface area contributed by atoms with Gasteiger partial charge in [-0.1, -0.05) is 12.2 Å². The number of carbonyl (C=O) groups excluding carboxylic acids is 2. The molecule has 22 heavy (non-hydrogen) atoms. The zero-order chi connectivity index (χ0) is 16.2. The van der Waals surface area contributed by atoms with E-state index in [0.717, 1.165) is 11.1 Å². The van der Waals surface area contributed by atoms with Crippen LogP contribution in [0.1, 0.15) is 40.0 Å². The fourth-order valence-electron chi connectivity index (χ4n) is 4.27. The summed E-state index contributed by atoms with van der Waals surface area (Å²) in [5.41, 5.74) is 1.57. The molecule has 0 aromatic heterocycles. The minimum absolute atomic E-state index is 0.0764. The third kappa shape index (κ3) is 2.28. The van der Waals surface area contributed by atoms with Gasteiger partial charge in [0.15, 0.2) is 0 Å². The molecule has 5 heteroatoms. The van der Waals surface area contributed by atoms with Gasteiger partial charge in [-0.3, -0.25) is 4.79 Å². The molecule has 2 aliphatic carbocycles.